The Morgan fingerprint density at radius 3 is 2.62 bits per heavy atom. The highest BCUT2D eigenvalue weighted by molar-refractivity contribution is 5.85. The van der Waals surface area contributed by atoms with Gasteiger partial charge in [0.15, 0.2) is 5.82 Å². The number of aliphatic hydroxyl groups excluding tert-OH is 1. The van der Waals surface area contributed by atoms with Crippen LogP contribution in [0.4, 0.5) is 0 Å². The smallest absolute Gasteiger partial charge is 0.326 e. The SMILES string of the molecule is N#C/C(=C(\CCCO)N[C@@H](Cc1c[nH]c2ccccc12)C(=O)O)c1nc2ccccc2c(=O)[nH]1. The first-order chi connectivity index (χ1) is 16.5. The van der Waals surface area contributed by atoms with Gasteiger partial charge in [0.25, 0.3) is 5.56 Å². The topological polar surface area (TPSA) is 155 Å². The number of benzene rings is 2. The highest BCUT2D eigenvalue weighted by Gasteiger charge is 2.23. The molecule has 0 saturated carbocycles. The molecule has 1 atom stereocenters. The Labute approximate surface area is 194 Å². The number of carbonyl (C=O) groups is 1. The van der Waals surface area contributed by atoms with E-state index in [1.54, 1.807) is 30.5 Å². The minimum atomic E-state index is -1.09. The molecule has 0 radical (unpaired) electrons. The van der Waals surface area contributed by atoms with Gasteiger partial charge in [-0.05, 0) is 36.6 Å². The maximum absolute atomic E-state index is 12.5. The predicted molar refractivity (Wildman–Crippen MR) is 128 cm³/mol. The summed E-state index contributed by atoms with van der Waals surface area (Å²) in [5.41, 5.74) is 2.05. The molecular formula is C25H23N5O4. The number of carboxylic acids is 1. The van der Waals surface area contributed by atoms with Crippen molar-refractivity contribution < 1.29 is 15.0 Å². The van der Waals surface area contributed by atoms with Gasteiger partial charge >= 0.3 is 5.97 Å². The second-order valence-corrected chi connectivity index (χ2v) is 7.82. The van der Waals surface area contributed by atoms with Crippen LogP contribution < -0.4 is 10.9 Å². The molecule has 5 N–H and O–H groups in total. The second-order valence-electron chi connectivity index (χ2n) is 7.82. The van der Waals surface area contributed by atoms with E-state index in [2.05, 4.69) is 26.3 Å². The van der Waals surface area contributed by atoms with Gasteiger partial charge in [-0.1, -0.05) is 30.3 Å². The molecule has 2 aromatic carbocycles. The number of hydrogen-bond donors (Lipinski definition) is 5. The first kappa shape index (κ1) is 22.8. The maximum atomic E-state index is 12.5. The van der Waals surface area contributed by atoms with Crippen molar-refractivity contribution in [3.63, 3.8) is 0 Å². The van der Waals surface area contributed by atoms with E-state index in [1.807, 2.05) is 24.3 Å². The Morgan fingerprint density at radius 2 is 1.88 bits per heavy atom. The van der Waals surface area contributed by atoms with E-state index >= 15 is 0 Å². The lowest BCUT2D eigenvalue weighted by Crippen LogP contribution is -2.38. The molecule has 2 aromatic heterocycles. The van der Waals surface area contributed by atoms with E-state index in [4.69, 9.17) is 0 Å². The van der Waals surface area contributed by atoms with Crippen molar-refractivity contribution >= 4 is 33.3 Å². The summed E-state index contributed by atoms with van der Waals surface area (Å²) in [6.07, 6.45) is 2.42. The van der Waals surface area contributed by atoms with Crippen LogP contribution in [0.25, 0.3) is 27.4 Å². The first-order valence-electron chi connectivity index (χ1n) is 10.8. The lowest BCUT2D eigenvalue weighted by molar-refractivity contribution is -0.139. The maximum Gasteiger partial charge on any atom is 0.326 e. The normalized spacial score (nSPS) is 12.8. The van der Waals surface area contributed by atoms with Crippen molar-refractivity contribution in [3.8, 4) is 6.07 Å². The van der Waals surface area contributed by atoms with Crippen LogP contribution in [0.15, 0.2) is 65.2 Å². The number of hydrogen-bond acceptors (Lipinski definition) is 6. The third-order valence-corrected chi connectivity index (χ3v) is 5.59. The average Bonchev–Trinajstić information content (AvgIpc) is 3.25. The molecule has 9 nitrogen and oxygen atoms in total. The lowest BCUT2D eigenvalue weighted by atomic mass is 10.0. The molecule has 172 valence electrons. The molecule has 0 unspecified atom stereocenters. The molecule has 0 fully saturated rings. The van der Waals surface area contributed by atoms with Gasteiger partial charge in [-0.15, -0.1) is 0 Å². The second kappa shape index (κ2) is 10.0. The molecule has 0 aliphatic carbocycles. The fourth-order valence-electron chi connectivity index (χ4n) is 3.92. The number of fused-ring (bicyclic) bond motifs is 2. The van der Waals surface area contributed by atoms with E-state index in [-0.39, 0.29) is 30.8 Å². The Hall–Kier alpha value is -4.42. The van der Waals surface area contributed by atoms with Gasteiger partial charge in [-0.3, -0.25) is 4.79 Å². The summed E-state index contributed by atoms with van der Waals surface area (Å²) in [6.45, 7) is -0.147. The van der Waals surface area contributed by atoms with Gasteiger partial charge in [0.2, 0.25) is 0 Å². The van der Waals surface area contributed by atoms with E-state index in [1.165, 1.54) is 0 Å². The molecule has 0 aliphatic rings. The third-order valence-electron chi connectivity index (χ3n) is 5.59. The quantitative estimate of drug-likeness (QED) is 0.242. The van der Waals surface area contributed by atoms with Gasteiger partial charge in [0.05, 0.1) is 10.9 Å². The number of para-hydroxylation sites is 2. The van der Waals surface area contributed by atoms with Crippen molar-refractivity contribution in [1.29, 1.82) is 5.26 Å². The van der Waals surface area contributed by atoms with Crippen molar-refractivity contribution in [2.45, 2.75) is 25.3 Å². The van der Waals surface area contributed by atoms with Gasteiger partial charge < -0.3 is 25.5 Å². The summed E-state index contributed by atoms with van der Waals surface area (Å²) >= 11 is 0. The molecule has 4 aromatic rings. The number of H-pyrrole nitrogens is 2. The fraction of sp³-hybridized carbons (Fsp3) is 0.200. The Balaban J connectivity index is 1.74. The van der Waals surface area contributed by atoms with Gasteiger partial charge in [0.1, 0.15) is 17.7 Å². The number of aliphatic carboxylic acids is 1. The third kappa shape index (κ3) is 4.67. The number of nitrogens with one attached hydrogen (secondary N) is 3. The molecule has 4 rings (SSSR count). The number of allylic oxidation sites excluding steroid dienone is 2. The summed E-state index contributed by atoms with van der Waals surface area (Å²) in [4.78, 5) is 34.9. The summed E-state index contributed by atoms with van der Waals surface area (Å²) in [6, 6.07) is 15.3. The monoisotopic (exact) mass is 457 g/mol. The lowest BCUT2D eigenvalue weighted by Gasteiger charge is -2.19. The van der Waals surface area contributed by atoms with Crippen molar-refractivity contribution in [2.24, 2.45) is 0 Å². The first-order valence-corrected chi connectivity index (χ1v) is 10.8. The number of carboxylic acid groups (broad SMARTS) is 1. The van der Waals surface area contributed by atoms with Crippen LogP contribution in [0.5, 0.6) is 0 Å². The standard InChI is InChI=1S/C25H23N5O4/c26-13-18(23-29-20-9-4-2-7-17(20)24(32)30-23)21(10-5-11-31)28-22(25(33)34)12-15-14-27-19-8-3-1-6-16(15)19/h1-4,6-9,14,22,27-28,31H,5,10-12H2,(H,33,34)(H,29,30,32)/b21-18-/t22-/m0/s1. The van der Waals surface area contributed by atoms with Gasteiger partial charge in [-0.25, -0.2) is 9.78 Å². The van der Waals surface area contributed by atoms with E-state index in [0.29, 0.717) is 23.0 Å². The zero-order valence-electron chi connectivity index (χ0n) is 18.2. The van der Waals surface area contributed by atoms with E-state index in [9.17, 15) is 25.1 Å². The van der Waals surface area contributed by atoms with Gasteiger partial charge in [-0.2, -0.15) is 5.26 Å². The molecule has 0 amide bonds. The summed E-state index contributed by atoms with van der Waals surface area (Å²) < 4.78 is 0. The van der Waals surface area contributed by atoms with Crippen LogP contribution in [0.1, 0.15) is 24.2 Å². The zero-order chi connectivity index (χ0) is 24.1. The van der Waals surface area contributed by atoms with Crippen LogP contribution >= 0.6 is 0 Å². The number of aromatic nitrogens is 3. The van der Waals surface area contributed by atoms with Crippen LogP contribution in [0.2, 0.25) is 0 Å². The molecular weight excluding hydrogens is 434 g/mol. The van der Waals surface area contributed by atoms with E-state index in [0.717, 1.165) is 16.5 Å². The number of nitrogens with zero attached hydrogens (tertiary/aromatic N) is 2. The molecule has 9 heteroatoms. The number of aliphatic hydroxyl groups is 1. The van der Waals surface area contributed by atoms with E-state index < -0.39 is 17.6 Å². The van der Waals surface area contributed by atoms with Crippen molar-refractivity contribution in [1.82, 2.24) is 20.3 Å². The minimum Gasteiger partial charge on any atom is -0.480 e. The van der Waals surface area contributed by atoms with Crippen molar-refractivity contribution in [3.05, 3.63) is 82.2 Å². The Morgan fingerprint density at radius 1 is 1.15 bits per heavy atom. The zero-order valence-corrected chi connectivity index (χ0v) is 18.2. The highest BCUT2D eigenvalue weighted by atomic mass is 16.4. The van der Waals surface area contributed by atoms with Gasteiger partial charge in [0, 0.05) is 35.8 Å². The summed E-state index contributed by atoms with van der Waals surface area (Å²) in [5, 5.41) is 33.5. The number of aromatic amines is 2. The molecule has 2 heterocycles. The largest absolute Gasteiger partial charge is 0.480 e. The summed E-state index contributed by atoms with van der Waals surface area (Å²) in [5.74, 6) is -1.05. The van der Waals surface area contributed by atoms with Crippen molar-refractivity contribution in [2.75, 3.05) is 6.61 Å². The highest BCUT2D eigenvalue weighted by Crippen LogP contribution is 2.22. The molecule has 34 heavy (non-hydrogen) atoms. The minimum absolute atomic E-state index is 0.0291. The molecule has 0 saturated heterocycles. The van der Waals surface area contributed by atoms with Crippen LogP contribution in [-0.2, 0) is 11.2 Å². The van der Waals surface area contributed by atoms with Crippen LogP contribution in [0, 0.1) is 11.3 Å². The fourth-order valence-corrected chi connectivity index (χ4v) is 3.92. The molecule has 0 aliphatic heterocycles. The predicted octanol–water partition coefficient (Wildman–Crippen LogP) is 2.70. The molecule has 0 spiro atoms. The average molecular weight is 457 g/mol. The van der Waals surface area contributed by atoms with Crippen LogP contribution in [0.3, 0.4) is 0 Å². The Kier molecular flexibility index (Phi) is 6.71. The Bertz CT molecular complexity index is 1480. The number of nitriles is 1. The number of rotatable bonds is 9. The molecule has 0 bridgehead atoms. The summed E-state index contributed by atoms with van der Waals surface area (Å²) in [7, 11) is 0. The van der Waals surface area contributed by atoms with Crippen LogP contribution in [-0.4, -0.2) is 43.8 Å².